The molecule has 0 radical (unpaired) electrons. The average molecular weight is 592 g/mol. The first-order chi connectivity index (χ1) is 19.4. The fraction of sp³-hybridized carbons (Fsp3) is 0.152. The summed E-state index contributed by atoms with van der Waals surface area (Å²) in [6.45, 7) is -0.420. The van der Waals surface area contributed by atoms with Crippen LogP contribution in [0.15, 0.2) is 102 Å². The first-order valence-electron chi connectivity index (χ1n) is 13.1. The van der Waals surface area contributed by atoms with Crippen molar-refractivity contribution in [2.24, 2.45) is 11.8 Å². The Balaban J connectivity index is 1.17. The molecule has 0 saturated carbocycles. The van der Waals surface area contributed by atoms with Crippen molar-refractivity contribution in [2.45, 2.75) is 11.8 Å². The molecule has 7 heteroatoms. The molecule has 4 aromatic carbocycles. The summed E-state index contributed by atoms with van der Waals surface area (Å²) in [5.74, 6) is -3.00. The Morgan fingerprint density at radius 1 is 0.675 bits per heavy atom. The standard InChI is InChI=1S/C33H22BrNO5/c34-20-14-12-18(13-15-20)26(36)17-40-33(39)19-6-5-7-21(16-19)35-31(37)29-27-22-8-1-2-9-23(22)28(30(29)32(35)38)25-11-4-3-10-24(25)27/h1-16,27-30H,17H2/t27?,28?,29-,30+. The first kappa shape index (κ1) is 24.7. The fourth-order valence-electron chi connectivity index (χ4n) is 6.64. The summed E-state index contributed by atoms with van der Waals surface area (Å²) in [6, 6.07) is 29.2. The van der Waals surface area contributed by atoms with Gasteiger partial charge in [0.25, 0.3) is 0 Å². The van der Waals surface area contributed by atoms with Crippen molar-refractivity contribution in [3.63, 3.8) is 0 Å². The number of nitrogens with zero attached hydrogens (tertiary/aromatic N) is 1. The minimum absolute atomic E-state index is 0.158. The van der Waals surface area contributed by atoms with Crippen LogP contribution in [0, 0.1) is 11.8 Å². The summed E-state index contributed by atoms with van der Waals surface area (Å²) < 4.78 is 6.12. The number of esters is 1. The quantitative estimate of drug-likeness (QED) is 0.164. The van der Waals surface area contributed by atoms with E-state index in [1.165, 1.54) is 11.0 Å². The van der Waals surface area contributed by atoms with Crippen molar-refractivity contribution in [1.82, 2.24) is 0 Å². The number of hydrogen-bond donors (Lipinski definition) is 0. The summed E-state index contributed by atoms with van der Waals surface area (Å²) in [5.41, 5.74) is 5.31. The lowest BCUT2D eigenvalue weighted by atomic mass is 9.55. The minimum atomic E-state index is -0.705. The molecule has 0 unspecified atom stereocenters. The number of hydrogen-bond acceptors (Lipinski definition) is 5. The number of Topliss-reactive ketones (excluding diaryl/α,β-unsaturated/α-hetero) is 1. The largest absolute Gasteiger partial charge is 0.454 e. The highest BCUT2D eigenvalue weighted by Crippen LogP contribution is 2.61. The third kappa shape index (κ3) is 3.68. The van der Waals surface area contributed by atoms with Crippen LogP contribution in [-0.2, 0) is 14.3 Å². The van der Waals surface area contributed by atoms with Gasteiger partial charge in [-0.1, -0.05) is 82.7 Å². The molecule has 3 aliphatic carbocycles. The van der Waals surface area contributed by atoms with Gasteiger partial charge in [-0.2, -0.15) is 0 Å². The van der Waals surface area contributed by atoms with Gasteiger partial charge in [-0.15, -0.1) is 0 Å². The second-order valence-corrected chi connectivity index (χ2v) is 11.2. The zero-order valence-electron chi connectivity index (χ0n) is 21.1. The van der Waals surface area contributed by atoms with Crippen LogP contribution in [0.2, 0.25) is 0 Å². The van der Waals surface area contributed by atoms with E-state index >= 15 is 0 Å². The van der Waals surface area contributed by atoms with E-state index in [-0.39, 0.29) is 35.0 Å². The number of ether oxygens (including phenoxy) is 1. The predicted octanol–water partition coefficient (Wildman–Crippen LogP) is 5.89. The van der Waals surface area contributed by atoms with Crippen LogP contribution in [0.4, 0.5) is 5.69 Å². The molecule has 40 heavy (non-hydrogen) atoms. The summed E-state index contributed by atoms with van der Waals surface area (Å²) in [5, 5.41) is 0. The van der Waals surface area contributed by atoms with Crippen molar-refractivity contribution < 1.29 is 23.9 Å². The molecular formula is C33H22BrNO5. The van der Waals surface area contributed by atoms with E-state index < -0.39 is 24.4 Å². The molecule has 0 aromatic heterocycles. The number of amides is 2. The Kier molecular flexibility index (Phi) is 5.78. The van der Waals surface area contributed by atoms with E-state index in [2.05, 4.69) is 40.2 Å². The Morgan fingerprint density at radius 3 is 1.73 bits per heavy atom. The maximum atomic E-state index is 14.0. The lowest BCUT2D eigenvalue weighted by Gasteiger charge is -2.45. The Bertz CT molecular complexity index is 1610. The van der Waals surface area contributed by atoms with Crippen LogP contribution in [0.3, 0.4) is 0 Å². The Morgan fingerprint density at radius 2 is 1.20 bits per heavy atom. The van der Waals surface area contributed by atoms with Gasteiger partial charge in [-0.05, 0) is 52.6 Å². The molecule has 2 amide bonds. The summed E-state index contributed by atoms with van der Waals surface area (Å²) in [4.78, 5) is 54.5. The predicted molar refractivity (Wildman–Crippen MR) is 151 cm³/mol. The van der Waals surface area contributed by atoms with Crippen LogP contribution in [0.1, 0.15) is 54.8 Å². The smallest absolute Gasteiger partial charge is 0.338 e. The lowest BCUT2D eigenvalue weighted by molar-refractivity contribution is -0.122. The molecule has 1 fully saturated rings. The monoisotopic (exact) mass is 591 g/mol. The molecule has 1 saturated heterocycles. The average Bonchev–Trinajstić information content (AvgIpc) is 3.26. The SMILES string of the molecule is O=C(COC(=O)c1cccc(N2C(=O)[C@@H]3C4c5ccccc5C(c5ccccc54)[C@@H]3C2=O)c1)c1ccc(Br)cc1. The summed E-state index contributed by atoms with van der Waals surface area (Å²) in [6.07, 6.45) is 0. The molecule has 1 heterocycles. The first-order valence-corrected chi connectivity index (χ1v) is 13.8. The number of ketones is 1. The second-order valence-electron chi connectivity index (χ2n) is 10.3. The van der Waals surface area contributed by atoms with Crippen LogP contribution in [0.5, 0.6) is 0 Å². The maximum Gasteiger partial charge on any atom is 0.338 e. The number of carbonyl (C=O) groups is 4. The van der Waals surface area contributed by atoms with Crippen LogP contribution in [0.25, 0.3) is 0 Å². The molecule has 2 atom stereocenters. The third-order valence-corrected chi connectivity index (χ3v) is 8.82. The number of imide groups is 1. The van der Waals surface area contributed by atoms with Gasteiger partial charge in [0.2, 0.25) is 11.8 Å². The Labute approximate surface area is 238 Å². The van der Waals surface area contributed by atoms with Crippen LogP contribution < -0.4 is 4.90 Å². The van der Waals surface area contributed by atoms with Gasteiger partial charge in [0.15, 0.2) is 12.4 Å². The third-order valence-electron chi connectivity index (χ3n) is 8.29. The summed E-state index contributed by atoms with van der Waals surface area (Å²) in [7, 11) is 0. The van der Waals surface area contributed by atoms with Gasteiger partial charge in [0.1, 0.15) is 0 Å². The zero-order valence-corrected chi connectivity index (χ0v) is 22.7. The zero-order chi connectivity index (χ0) is 27.5. The van der Waals surface area contributed by atoms with Gasteiger partial charge >= 0.3 is 5.97 Å². The highest BCUT2D eigenvalue weighted by molar-refractivity contribution is 9.10. The molecule has 4 aliphatic rings. The van der Waals surface area contributed by atoms with Crippen LogP contribution >= 0.6 is 15.9 Å². The molecule has 196 valence electrons. The normalized spacial score (nSPS) is 22.0. The molecule has 2 bridgehead atoms. The van der Waals surface area contributed by atoms with Gasteiger partial charge in [-0.25, -0.2) is 9.69 Å². The minimum Gasteiger partial charge on any atom is -0.454 e. The lowest BCUT2D eigenvalue weighted by Crippen LogP contribution is -2.41. The van der Waals surface area contributed by atoms with E-state index in [4.69, 9.17) is 4.74 Å². The molecule has 0 spiro atoms. The molecule has 8 rings (SSSR count). The van der Waals surface area contributed by atoms with E-state index in [0.29, 0.717) is 11.3 Å². The molecule has 4 aromatic rings. The van der Waals surface area contributed by atoms with E-state index in [0.717, 1.165) is 26.7 Å². The fourth-order valence-corrected chi connectivity index (χ4v) is 6.90. The highest BCUT2D eigenvalue weighted by atomic mass is 79.9. The molecular weight excluding hydrogens is 570 g/mol. The highest BCUT2D eigenvalue weighted by Gasteiger charge is 2.61. The van der Waals surface area contributed by atoms with Crippen molar-refractivity contribution in [2.75, 3.05) is 11.5 Å². The van der Waals surface area contributed by atoms with E-state index in [1.54, 1.807) is 42.5 Å². The number of rotatable bonds is 5. The van der Waals surface area contributed by atoms with Gasteiger partial charge in [-0.3, -0.25) is 14.4 Å². The van der Waals surface area contributed by atoms with E-state index in [9.17, 15) is 19.2 Å². The molecule has 0 N–H and O–H groups in total. The maximum absolute atomic E-state index is 14.0. The van der Waals surface area contributed by atoms with Crippen molar-refractivity contribution >= 4 is 45.2 Å². The number of benzene rings is 4. The van der Waals surface area contributed by atoms with E-state index in [1.807, 2.05) is 24.3 Å². The number of carbonyl (C=O) groups excluding carboxylic acids is 4. The Hall–Kier alpha value is -4.36. The topological polar surface area (TPSA) is 80.8 Å². The van der Waals surface area contributed by atoms with Gasteiger partial charge < -0.3 is 4.74 Å². The molecule has 1 aliphatic heterocycles. The van der Waals surface area contributed by atoms with Gasteiger partial charge in [0.05, 0.1) is 23.1 Å². The molecule has 6 nitrogen and oxygen atoms in total. The van der Waals surface area contributed by atoms with Crippen molar-refractivity contribution in [3.8, 4) is 0 Å². The van der Waals surface area contributed by atoms with Crippen molar-refractivity contribution in [1.29, 1.82) is 0 Å². The van der Waals surface area contributed by atoms with Gasteiger partial charge in [0, 0.05) is 21.9 Å². The van der Waals surface area contributed by atoms with Crippen LogP contribution in [-0.4, -0.2) is 30.2 Å². The number of anilines is 1. The van der Waals surface area contributed by atoms with Crippen molar-refractivity contribution in [3.05, 3.63) is 135 Å². The number of halogens is 1. The summed E-state index contributed by atoms with van der Waals surface area (Å²) >= 11 is 3.33. The second kappa shape index (κ2) is 9.38.